The fraction of sp³-hybridized carbons (Fsp3) is 0. The summed E-state index contributed by atoms with van der Waals surface area (Å²) in [6, 6.07) is 0. The molecule has 6 heteroatoms. The number of fused-ring (bicyclic) bond motifs is 1. The molecule has 0 aliphatic carbocycles. The molecule has 2 rings (SSSR count). The molecule has 12 heavy (non-hydrogen) atoms. The van der Waals surface area contributed by atoms with Crippen molar-refractivity contribution in [2.75, 3.05) is 5.73 Å². The van der Waals surface area contributed by atoms with Crippen LogP contribution in [0.15, 0.2) is 12.5 Å². The van der Waals surface area contributed by atoms with Crippen molar-refractivity contribution in [2.45, 2.75) is 0 Å². The van der Waals surface area contributed by atoms with Crippen molar-refractivity contribution in [1.29, 1.82) is 0 Å². The topological polar surface area (TPSA) is 56.7 Å². The number of nitrogens with two attached hydrogens (primary N) is 1. The number of hydrogen-bond acceptors (Lipinski definition) is 3. The monoisotopic (exact) mass is 386 g/mol. The molecule has 0 spiro atoms. The number of halogens is 2. The van der Waals surface area contributed by atoms with E-state index in [1.165, 1.54) is 6.33 Å². The first-order chi connectivity index (χ1) is 5.70. The summed E-state index contributed by atoms with van der Waals surface area (Å²) < 4.78 is 2.99. The maximum absolute atomic E-state index is 5.70. The molecule has 0 radical (unpaired) electrons. The van der Waals surface area contributed by atoms with Crippen LogP contribution >= 0.6 is 45.5 Å². The molecule has 2 heterocycles. The van der Waals surface area contributed by atoms with Crippen molar-refractivity contribution in [2.24, 2.45) is 0 Å². The van der Waals surface area contributed by atoms with Crippen molar-refractivity contribution >= 4 is 62.3 Å². The van der Waals surface area contributed by atoms with Gasteiger partial charge < -0.3 is 5.73 Å². The molecule has 0 bridgehead atoms. The summed E-state index contributed by atoms with van der Waals surface area (Å²) in [5.74, 6) is 0.541. The van der Waals surface area contributed by atoms with Gasteiger partial charge in [-0.2, -0.15) is 0 Å². The van der Waals surface area contributed by atoms with Crippen LogP contribution in [0.5, 0.6) is 0 Å². The zero-order chi connectivity index (χ0) is 8.72. The lowest BCUT2D eigenvalue weighted by atomic mass is 10.4. The van der Waals surface area contributed by atoms with Crippen LogP contribution in [0.3, 0.4) is 0 Å². The van der Waals surface area contributed by atoms with Crippen LogP contribution < -0.4 is 5.73 Å². The van der Waals surface area contributed by atoms with Crippen LogP contribution in [0.1, 0.15) is 0 Å². The number of rotatable bonds is 0. The van der Waals surface area contributed by atoms with Crippen molar-refractivity contribution in [3.05, 3.63) is 16.1 Å². The molecule has 0 aliphatic heterocycles. The van der Waals surface area contributed by atoms with E-state index in [1.54, 1.807) is 0 Å². The van der Waals surface area contributed by atoms with Gasteiger partial charge in [-0.3, -0.25) is 2.78 Å². The van der Waals surface area contributed by atoms with Gasteiger partial charge in [0, 0.05) is 9.77 Å². The SMILES string of the molecule is Nc1ncnc2c1c(I)cn2I. The highest BCUT2D eigenvalue weighted by molar-refractivity contribution is 14.1. The molecule has 0 saturated heterocycles. The van der Waals surface area contributed by atoms with Crippen LogP contribution in [-0.2, 0) is 0 Å². The standard InChI is InChI=1S/C6H4I2N4/c7-3-1-12(8)6-4(3)5(9)10-2-11-6/h1-2H,(H2,9,10,11). The quantitative estimate of drug-likeness (QED) is 0.704. The largest absolute Gasteiger partial charge is 0.383 e. The third-order valence-corrected chi connectivity index (χ3v) is 3.08. The lowest BCUT2D eigenvalue weighted by Crippen LogP contribution is -1.92. The Morgan fingerprint density at radius 2 is 2.17 bits per heavy atom. The summed E-state index contributed by atoms with van der Waals surface area (Å²) in [7, 11) is 0. The Balaban J connectivity index is 2.99. The van der Waals surface area contributed by atoms with Crippen LogP contribution in [0.25, 0.3) is 11.0 Å². The van der Waals surface area contributed by atoms with Crippen LogP contribution in [0.2, 0.25) is 0 Å². The lowest BCUT2D eigenvalue weighted by molar-refractivity contribution is 1.20. The molecule has 4 nitrogen and oxygen atoms in total. The second kappa shape index (κ2) is 2.98. The summed E-state index contributed by atoms with van der Waals surface area (Å²) in [5, 5.41) is 0.938. The first-order valence-electron chi connectivity index (χ1n) is 3.13. The number of aromatic nitrogens is 3. The van der Waals surface area contributed by atoms with E-state index in [-0.39, 0.29) is 0 Å². The number of anilines is 1. The smallest absolute Gasteiger partial charge is 0.155 e. The molecular formula is C6H4I2N4. The molecule has 0 aliphatic rings. The van der Waals surface area contributed by atoms with Gasteiger partial charge in [-0.25, -0.2) is 9.97 Å². The van der Waals surface area contributed by atoms with Crippen molar-refractivity contribution < 1.29 is 0 Å². The highest BCUT2D eigenvalue weighted by Crippen LogP contribution is 2.25. The zero-order valence-electron chi connectivity index (χ0n) is 5.83. The molecule has 0 amide bonds. The molecule has 0 fully saturated rings. The number of hydrogen-bond donors (Lipinski definition) is 1. The minimum atomic E-state index is 0.541. The maximum Gasteiger partial charge on any atom is 0.155 e. The Morgan fingerprint density at radius 3 is 2.83 bits per heavy atom. The van der Waals surface area contributed by atoms with Crippen LogP contribution in [0.4, 0.5) is 5.82 Å². The maximum atomic E-state index is 5.70. The van der Waals surface area contributed by atoms with Crippen LogP contribution in [0, 0.1) is 3.57 Å². The predicted octanol–water partition coefficient (Wildman–Crippen LogP) is 1.82. The van der Waals surface area contributed by atoms with Crippen molar-refractivity contribution in [1.82, 2.24) is 12.7 Å². The van der Waals surface area contributed by atoms with E-state index in [0.717, 1.165) is 14.6 Å². The predicted molar refractivity (Wildman–Crippen MR) is 64.1 cm³/mol. The van der Waals surface area contributed by atoms with Gasteiger partial charge in [0.2, 0.25) is 0 Å². The van der Waals surface area contributed by atoms with Gasteiger partial charge in [-0.05, 0) is 22.6 Å². The molecule has 2 aromatic heterocycles. The molecule has 0 aromatic carbocycles. The highest BCUT2D eigenvalue weighted by atomic mass is 127. The first-order valence-corrected chi connectivity index (χ1v) is 5.17. The average molecular weight is 386 g/mol. The molecule has 2 N–H and O–H groups in total. The van der Waals surface area contributed by atoms with Crippen molar-refractivity contribution in [3.8, 4) is 0 Å². The molecule has 0 saturated carbocycles. The normalized spacial score (nSPS) is 10.8. The summed E-state index contributed by atoms with van der Waals surface area (Å²) in [5.41, 5.74) is 6.57. The number of nitrogens with zero attached hydrogens (tertiary/aromatic N) is 3. The van der Waals surface area contributed by atoms with E-state index >= 15 is 0 Å². The zero-order valence-corrected chi connectivity index (χ0v) is 10.1. The molecular weight excluding hydrogens is 382 g/mol. The van der Waals surface area contributed by atoms with Gasteiger partial charge in [-0.15, -0.1) is 0 Å². The fourth-order valence-corrected chi connectivity index (χ4v) is 2.98. The van der Waals surface area contributed by atoms with Gasteiger partial charge >= 0.3 is 0 Å². The summed E-state index contributed by atoms with van der Waals surface area (Å²) in [4.78, 5) is 8.05. The lowest BCUT2D eigenvalue weighted by Gasteiger charge is -1.94. The Morgan fingerprint density at radius 1 is 1.42 bits per heavy atom. The Hall–Kier alpha value is -0.120. The highest BCUT2D eigenvalue weighted by Gasteiger charge is 2.09. The van der Waals surface area contributed by atoms with E-state index < -0.39 is 0 Å². The minimum absolute atomic E-state index is 0.541. The van der Waals surface area contributed by atoms with Gasteiger partial charge in [0.15, 0.2) is 5.65 Å². The summed E-state index contributed by atoms with van der Waals surface area (Å²) >= 11 is 4.38. The van der Waals surface area contributed by atoms with E-state index in [0.29, 0.717) is 5.82 Å². The molecule has 2 aromatic rings. The second-order valence-corrected chi connectivity index (χ2v) is 4.45. The Bertz CT molecular complexity index is 436. The van der Waals surface area contributed by atoms with Crippen molar-refractivity contribution in [3.63, 3.8) is 0 Å². The minimum Gasteiger partial charge on any atom is -0.383 e. The van der Waals surface area contributed by atoms with Gasteiger partial charge in [0.25, 0.3) is 0 Å². The van der Waals surface area contributed by atoms with Gasteiger partial charge in [0.1, 0.15) is 12.1 Å². The van der Waals surface area contributed by atoms with Crippen LogP contribution in [-0.4, -0.2) is 12.7 Å². The molecule has 62 valence electrons. The summed E-state index contributed by atoms with van der Waals surface area (Å²) in [6.45, 7) is 0. The molecule has 0 atom stereocenters. The fourth-order valence-electron chi connectivity index (χ4n) is 1.01. The van der Waals surface area contributed by atoms with Gasteiger partial charge in [0.05, 0.1) is 28.3 Å². The first kappa shape index (κ1) is 8.48. The third kappa shape index (κ3) is 1.16. The molecule has 0 unspecified atom stereocenters. The van der Waals surface area contributed by atoms with E-state index in [2.05, 4.69) is 55.4 Å². The Labute approximate surface area is 96.2 Å². The third-order valence-electron chi connectivity index (χ3n) is 1.52. The van der Waals surface area contributed by atoms with E-state index in [9.17, 15) is 0 Å². The van der Waals surface area contributed by atoms with Gasteiger partial charge in [-0.1, -0.05) is 0 Å². The van der Waals surface area contributed by atoms with E-state index in [1.807, 2.05) is 8.98 Å². The average Bonchev–Trinajstić information content (AvgIpc) is 2.29. The summed E-state index contributed by atoms with van der Waals surface area (Å²) in [6.07, 6.45) is 3.44. The Kier molecular flexibility index (Phi) is 2.10. The number of nitrogen functional groups attached to an aromatic ring is 1. The second-order valence-electron chi connectivity index (χ2n) is 2.25. The van der Waals surface area contributed by atoms with E-state index in [4.69, 9.17) is 5.73 Å².